The van der Waals surface area contributed by atoms with Crippen molar-refractivity contribution >= 4 is 57.4 Å². The van der Waals surface area contributed by atoms with Crippen molar-refractivity contribution in [3.63, 3.8) is 0 Å². The molecule has 0 bridgehead atoms. The van der Waals surface area contributed by atoms with Crippen LogP contribution in [-0.2, 0) is 9.53 Å². The number of rotatable bonds is 6. The minimum atomic E-state index is -0.535. The normalized spacial score (nSPS) is 10.3. The van der Waals surface area contributed by atoms with Gasteiger partial charge in [0.25, 0.3) is 0 Å². The summed E-state index contributed by atoms with van der Waals surface area (Å²) in [5.41, 5.74) is 6.13. The van der Waals surface area contributed by atoms with Crippen LogP contribution in [0.25, 0.3) is 0 Å². The molecule has 0 atom stereocenters. The number of nitrogens with two attached hydrogens (primary N) is 1. The second-order valence-corrected chi connectivity index (χ2v) is 6.80. The molecule has 0 saturated heterocycles. The molecule has 1 amide bonds. The van der Waals surface area contributed by atoms with Crippen LogP contribution in [-0.4, -0.2) is 34.4 Å². The average Bonchev–Trinajstić information content (AvgIpc) is 2.93. The fourth-order valence-corrected chi connectivity index (χ4v) is 3.20. The van der Waals surface area contributed by atoms with Gasteiger partial charge in [0, 0.05) is 5.69 Å². The van der Waals surface area contributed by atoms with E-state index in [1.807, 2.05) is 0 Å². The first-order chi connectivity index (χ1) is 11.0. The smallest absolute Gasteiger partial charge is 0.339 e. The van der Waals surface area contributed by atoms with Crippen molar-refractivity contribution in [3.8, 4) is 0 Å². The van der Waals surface area contributed by atoms with Crippen molar-refractivity contribution in [1.29, 1.82) is 0 Å². The fourth-order valence-electron chi connectivity index (χ4n) is 1.57. The Kier molecular flexibility index (Phi) is 6.20. The number of carbonyl (C=O) groups excluding carboxylic acids is 2. The predicted octanol–water partition coefficient (Wildman–Crippen LogP) is 2.68. The highest BCUT2D eigenvalue weighted by Gasteiger charge is 2.13. The lowest BCUT2D eigenvalue weighted by atomic mass is 10.2. The number of aromatic nitrogens is 2. The lowest BCUT2D eigenvalue weighted by molar-refractivity contribution is -0.113. The van der Waals surface area contributed by atoms with E-state index in [0.29, 0.717) is 15.2 Å². The van der Waals surface area contributed by atoms with Gasteiger partial charge in [0.1, 0.15) is 0 Å². The number of nitrogen functional groups attached to an aromatic ring is 1. The Hall–Kier alpha value is -1.84. The van der Waals surface area contributed by atoms with Crippen LogP contribution in [0.2, 0.25) is 5.02 Å². The number of nitrogens with one attached hydrogen (secondary N) is 1. The summed E-state index contributed by atoms with van der Waals surface area (Å²) in [6.07, 6.45) is 0. The molecule has 0 aliphatic heterocycles. The number of hydrogen-bond acceptors (Lipinski definition) is 8. The van der Waals surface area contributed by atoms with Crippen LogP contribution >= 0.6 is 34.7 Å². The number of anilines is 2. The standard InChI is InChI=1S/C13H13ClN4O3S2/c1-2-21-11(20)8-5-7(3-4-9(8)14)16-10(19)6-22-13-18-17-12(15)23-13/h3-5H,2,6H2,1H3,(H2,15,17)(H,16,19). The number of benzene rings is 1. The summed E-state index contributed by atoms with van der Waals surface area (Å²) in [5, 5.41) is 10.8. The zero-order valence-corrected chi connectivity index (χ0v) is 14.4. The molecule has 0 fully saturated rings. The van der Waals surface area contributed by atoms with E-state index in [1.165, 1.54) is 35.2 Å². The quantitative estimate of drug-likeness (QED) is 0.592. The minimum Gasteiger partial charge on any atom is -0.462 e. The van der Waals surface area contributed by atoms with Crippen LogP contribution in [0.4, 0.5) is 10.8 Å². The van der Waals surface area contributed by atoms with E-state index in [-0.39, 0.29) is 28.9 Å². The third-order valence-electron chi connectivity index (χ3n) is 2.49. The molecule has 7 nitrogen and oxygen atoms in total. The molecule has 3 N–H and O–H groups in total. The summed E-state index contributed by atoms with van der Waals surface area (Å²) in [5.74, 6) is -0.639. The topological polar surface area (TPSA) is 107 Å². The van der Waals surface area contributed by atoms with Crippen molar-refractivity contribution < 1.29 is 14.3 Å². The van der Waals surface area contributed by atoms with E-state index >= 15 is 0 Å². The maximum atomic E-state index is 11.9. The molecule has 0 saturated carbocycles. The second kappa shape index (κ2) is 8.14. The molecule has 2 aromatic rings. The van der Waals surface area contributed by atoms with Crippen LogP contribution in [0.3, 0.4) is 0 Å². The maximum absolute atomic E-state index is 11.9. The number of carbonyl (C=O) groups is 2. The molecule has 0 radical (unpaired) electrons. The number of amides is 1. The lowest BCUT2D eigenvalue weighted by Crippen LogP contribution is -2.15. The van der Waals surface area contributed by atoms with E-state index in [0.717, 1.165) is 0 Å². The maximum Gasteiger partial charge on any atom is 0.339 e. The van der Waals surface area contributed by atoms with Crippen molar-refractivity contribution in [3.05, 3.63) is 28.8 Å². The molecule has 122 valence electrons. The van der Waals surface area contributed by atoms with Gasteiger partial charge in [0.05, 0.1) is 22.9 Å². The van der Waals surface area contributed by atoms with Gasteiger partial charge in [-0.2, -0.15) is 0 Å². The highest BCUT2D eigenvalue weighted by Crippen LogP contribution is 2.24. The number of esters is 1. The van der Waals surface area contributed by atoms with Gasteiger partial charge in [-0.3, -0.25) is 4.79 Å². The molecule has 1 heterocycles. The molecule has 0 aliphatic carbocycles. The molecule has 0 unspecified atom stereocenters. The van der Waals surface area contributed by atoms with Crippen molar-refractivity contribution in [2.45, 2.75) is 11.3 Å². The van der Waals surface area contributed by atoms with E-state index in [2.05, 4.69) is 15.5 Å². The molecular formula is C13H13ClN4O3S2. The average molecular weight is 373 g/mol. The van der Waals surface area contributed by atoms with Crippen LogP contribution in [0.1, 0.15) is 17.3 Å². The SMILES string of the molecule is CCOC(=O)c1cc(NC(=O)CSc2nnc(N)s2)ccc1Cl. The molecule has 0 aliphatic rings. The second-order valence-electron chi connectivity index (χ2n) is 4.16. The monoisotopic (exact) mass is 372 g/mol. The Labute approximate surface area is 145 Å². The van der Waals surface area contributed by atoms with Crippen molar-refractivity contribution in [2.24, 2.45) is 0 Å². The first-order valence-corrected chi connectivity index (χ1v) is 8.66. The van der Waals surface area contributed by atoms with E-state index in [1.54, 1.807) is 13.0 Å². The summed E-state index contributed by atoms with van der Waals surface area (Å²) in [7, 11) is 0. The number of ether oxygens (including phenoxy) is 1. The zero-order valence-electron chi connectivity index (χ0n) is 12.0. The van der Waals surface area contributed by atoms with E-state index in [9.17, 15) is 9.59 Å². The molecule has 2 rings (SSSR count). The third-order valence-corrected chi connectivity index (χ3v) is 4.71. The molecule has 23 heavy (non-hydrogen) atoms. The third kappa shape index (κ3) is 5.08. The Bertz CT molecular complexity index is 723. The Morgan fingerprint density at radius 2 is 2.22 bits per heavy atom. The molecule has 10 heteroatoms. The predicted molar refractivity (Wildman–Crippen MR) is 91.1 cm³/mol. The van der Waals surface area contributed by atoms with Crippen LogP contribution in [0, 0.1) is 0 Å². The lowest BCUT2D eigenvalue weighted by Gasteiger charge is -2.08. The van der Waals surface area contributed by atoms with Gasteiger partial charge in [0.15, 0.2) is 4.34 Å². The molecular weight excluding hydrogens is 360 g/mol. The number of thioether (sulfide) groups is 1. The summed E-state index contributed by atoms with van der Waals surface area (Å²) in [6, 6.07) is 4.62. The number of halogens is 1. The van der Waals surface area contributed by atoms with Gasteiger partial charge in [-0.15, -0.1) is 10.2 Å². The van der Waals surface area contributed by atoms with Gasteiger partial charge in [-0.25, -0.2) is 4.79 Å². The molecule has 0 spiro atoms. The fraction of sp³-hybridized carbons (Fsp3) is 0.231. The Morgan fingerprint density at radius 1 is 1.43 bits per heavy atom. The van der Waals surface area contributed by atoms with Gasteiger partial charge in [-0.1, -0.05) is 34.7 Å². The van der Waals surface area contributed by atoms with Crippen LogP contribution in [0.5, 0.6) is 0 Å². The molecule has 1 aromatic carbocycles. The van der Waals surface area contributed by atoms with E-state index < -0.39 is 5.97 Å². The summed E-state index contributed by atoms with van der Waals surface area (Å²) in [4.78, 5) is 23.7. The minimum absolute atomic E-state index is 0.145. The zero-order chi connectivity index (χ0) is 16.8. The van der Waals surface area contributed by atoms with Gasteiger partial charge < -0.3 is 15.8 Å². The molecule has 1 aromatic heterocycles. The summed E-state index contributed by atoms with van der Waals surface area (Å²) >= 11 is 8.40. The summed E-state index contributed by atoms with van der Waals surface area (Å²) < 4.78 is 5.52. The van der Waals surface area contributed by atoms with Crippen molar-refractivity contribution in [1.82, 2.24) is 10.2 Å². The van der Waals surface area contributed by atoms with Gasteiger partial charge in [0.2, 0.25) is 11.0 Å². The van der Waals surface area contributed by atoms with Crippen LogP contribution in [0.15, 0.2) is 22.5 Å². The largest absolute Gasteiger partial charge is 0.462 e. The van der Waals surface area contributed by atoms with Crippen LogP contribution < -0.4 is 11.1 Å². The van der Waals surface area contributed by atoms with Gasteiger partial charge >= 0.3 is 5.97 Å². The van der Waals surface area contributed by atoms with Crippen molar-refractivity contribution in [2.75, 3.05) is 23.4 Å². The first kappa shape index (κ1) is 17.5. The number of hydrogen-bond donors (Lipinski definition) is 2. The van der Waals surface area contributed by atoms with E-state index in [4.69, 9.17) is 22.1 Å². The Morgan fingerprint density at radius 3 is 2.87 bits per heavy atom. The Balaban J connectivity index is 1.97. The highest BCUT2D eigenvalue weighted by molar-refractivity contribution is 8.01. The summed E-state index contributed by atoms with van der Waals surface area (Å²) in [6.45, 7) is 1.95. The number of nitrogens with zero attached hydrogens (tertiary/aromatic N) is 2. The first-order valence-electron chi connectivity index (χ1n) is 6.48. The van der Waals surface area contributed by atoms with Gasteiger partial charge in [-0.05, 0) is 25.1 Å². The highest BCUT2D eigenvalue weighted by atomic mass is 35.5.